The molecule has 3 nitrogen and oxygen atoms in total. The molecule has 0 saturated heterocycles. The number of carbonyl (C=O) groups excluding carboxylic acids is 1. The van der Waals surface area contributed by atoms with Gasteiger partial charge in [0.05, 0.1) is 0 Å². The van der Waals surface area contributed by atoms with Crippen LogP contribution in [0.4, 0.5) is 0 Å². The minimum atomic E-state index is 0.00200. The molecular formula is C43H86N2O. The highest BCUT2D eigenvalue weighted by molar-refractivity contribution is 5.91. The van der Waals surface area contributed by atoms with Gasteiger partial charge >= 0.3 is 0 Å². The second kappa shape index (κ2) is 38.6. The topological polar surface area (TPSA) is 32.3 Å². The molecule has 0 aliphatic rings. The molecule has 0 aromatic carbocycles. The first-order valence-corrected chi connectivity index (χ1v) is 21.3. The van der Waals surface area contributed by atoms with Gasteiger partial charge < -0.3 is 10.2 Å². The van der Waals surface area contributed by atoms with E-state index in [4.69, 9.17) is 0 Å². The zero-order chi connectivity index (χ0) is 33.6. The average molecular weight is 647 g/mol. The van der Waals surface area contributed by atoms with Crippen LogP contribution in [0.5, 0.6) is 0 Å². The summed E-state index contributed by atoms with van der Waals surface area (Å²) in [7, 11) is 0. The largest absolute Gasteiger partial charge is 0.352 e. The summed E-state index contributed by atoms with van der Waals surface area (Å²) in [6.07, 6.45) is 46.7. The van der Waals surface area contributed by atoms with Gasteiger partial charge in [0.25, 0.3) is 0 Å². The first-order chi connectivity index (χ1) is 22.6. The van der Waals surface area contributed by atoms with Crippen LogP contribution in [0.15, 0.2) is 12.2 Å². The fourth-order valence-electron chi connectivity index (χ4n) is 6.76. The van der Waals surface area contributed by atoms with Crippen LogP contribution in [-0.4, -0.2) is 37.0 Å². The predicted octanol–water partition coefficient (Wildman–Crippen LogP) is 13.9. The Hall–Kier alpha value is -0.830. The van der Waals surface area contributed by atoms with Crippen LogP contribution in [-0.2, 0) is 4.79 Å². The lowest BCUT2D eigenvalue weighted by Crippen LogP contribution is -2.31. The summed E-state index contributed by atoms with van der Waals surface area (Å²) in [6.45, 7) is 14.5. The van der Waals surface area contributed by atoms with Crippen LogP contribution in [0.2, 0.25) is 0 Å². The van der Waals surface area contributed by atoms with Gasteiger partial charge in [0.15, 0.2) is 0 Å². The van der Waals surface area contributed by atoms with Crippen molar-refractivity contribution in [3.8, 4) is 0 Å². The van der Waals surface area contributed by atoms with E-state index < -0.39 is 0 Å². The van der Waals surface area contributed by atoms with E-state index >= 15 is 0 Å². The van der Waals surface area contributed by atoms with E-state index in [1.807, 2.05) is 0 Å². The second-order valence-corrected chi connectivity index (χ2v) is 14.8. The Morgan fingerprint density at radius 3 is 0.913 bits per heavy atom. The van der Waals surface area contributed by atoms with Crippen molar-refractivity contribution in [2.45, 2.75) is 233 Å². The summed E-state index contributed by atoms with van der Waals surface area (Å²) in [5.41, 5.74) is 0.609. The molecule has 0 spiro atoms. The van der Waals surface area contributed by atoms with Crippen molar-refractivity contribution in [2.24, 2.45) is 0 Å². The normalized spacial score (nSPS) is 11.5. The maximum absolute atomic E-state index is 11.8. The molecule has 0 fully saturated rings. The van der Waals surface area contributed by atoms with Crippen LogP contribution < -0.4 is 5.32 Å². The SMILES string of the molecule is C=C(C)C(=O)NCCCN(CCCCCCCCCCCCCCCCCC)CCCCCCCCCCCCCCCCCC. The number of carbonyl (C=O) groups is 1. The Morgan fingerprint density at radius 2 is 0.652 bits per heavy atom. The Bertz CT molecular complexity index is 582. The fraction of sp³-hybridized carbons (Fsp3) is 0.930. The standard InChI is InChI=1S/C43H86N2O/c1-5-7-9-11-13-15-17-19-21-23-25-27-29-31-33-35-39-45(41-37-38-44-43(46)42(3)4)40-36-34-32-30-28-26-24-22-20-18-16-14-12-10-8-6-2/h3,5-41H2,1-2,4H3,(H,44,46). The first-order valence-electron chi connectivity index (χ1n) is 21.3. The highest BCUT2D eigenvalue weighted by Gasteiger charge is 2.06. The molecule has 274 valence electrons. The minimum Gasteiger partial charge on any atom is -0.352 e. The van der Waals surface area contributed by atoms with Crippen molar-refractivity contribution in [3.05, 3.63) is 12.2 Å². The highest BCUT2D eigenvalue weighted by Crippen LogP contribution is 2.16. The van der Waals surface area contributed by atoms with Crippen LogP contribution in [0, 0.1) is 0 Å². The number of unbranched alkanes of at least 4 members (excludes halogenated alkanes) is 30. The first kappa shape index (κ1) is 45.2. The number of amides is 1. The molecule has 0 heterocycles. The summed E-state index contributed by atoms with van der Waals surface area (Å²) in [6, 6.07) is 0. The number of hydrogen-bond donors (Lipinski definition) is 1. The van der Waals surface area contributed by atoms with Crippen molar-refractivity contribution in [2.75, 3.05) is 26.2 Å². The van der Waals surface area contributed by atoms with E-state index in [-0.39, 0.29) is 5.91 Å². The molecule has 0 unspecified atom stereocenters. The van der Waals surface area contributed by atoms with Crippen LogP contribution in [0.1, 0.15) is 233 Å². The van der Waals surface area contributed by atoms with E-state index in [1.165, 1.54) is 219 Å². The Kier molecular flexibility index (Phi) is 37.9. The number of nitrogens with zero attached hydrogens (tertiary/aromatic N) is 1. The van der Waals surface area contributed by atoms with E-state index in [9.17, 15) is 4.79 Å². The zero-order valence-electron chi connectivity index (χ0n) is 32.2. The third kappa shape index (κ3) is 36.0. The average Bonchev–Trinajstić information content (AvgIpc) is 3.05. The smallest absolute Gasteiger partial charge is 0.246 e. The molecule has 0 rings (SSSR count). The summed E-state index contributed by atoms with van der Waals surface area (Å²) in [5.74, 6) is 0.00200. The van der Waals surface area contributed by atoms with E-state index in [0.29, 0.717) is 5.57 Å². The molecule has 0 aliphatic carbocycles. The maximum atomic E-state index is 11.8. The van der Waals surface area contributed by atoms with Crippen molar-refractivity contribution >= 4 is 5.91 Å². The van der Waals surface area contributed by atoms with Gasteiger partial charge in [0.1, 0.15) is 0 Å². The third-order valence-corrected chi connectivity index (χ3v) is 9.98. The quantitative estimate of drug-likeness (QED) is 0.0532. The van der Waals surface area contributed by atoms with Gasteiger partial charge in [-0.15, -0.1) is 0 Å². The molecule has 46 heavy (non-hydrogen) atoms. The Labute approximate surface area is 291 Å². The monoisotopic (exact) mass is 647 g/mol. The molecule has 1 amide bonds. The lowest BCUT2D eigenvalue weighted by Gasteiger charge is -2.22. The number of rotatable bonds is 39. The molecule has 0 aromatic heterocycles. The molecule has 0 aromatic rings. The van der Waals surface area contributed by atoms with E-state index in [2.05, 4.69) is 30.6 Å². The lowest BCUT2D eigenvalue weighted by atomic mass is 10.0. The van der Waals surface area contributed by atoms with Gasteiger partial charge in [-0.2, -0.15) is 0 Å². The van der Waals surface area contributed by atoms with Gasteiger partial charge in [-0.1, -0.05) is 213 Å². The highest BCUT2D eigenvalue weighted by atomic mass is 16.1. The molecule has 0 radical (unpaired) electrons. The number of nitrogens with one attached hydrogen (secondary N) is 1. The molecule has 3 heteroatoms. The van der Waals surface area contributed by atoms with Crippen LogP contribution >= 0.6 is 0 Å². The van der Waals surface area contributed by atoms with Gasteiger partial charge in [0.2, 0.25) is 5.91 Å². The Balaban J connectivity index is 3.82. The molecule has 0 atom stereocenters. The lowest BCUT2D eigenvalue weighted by molar-refractivity contribution is -0.117. The van der Waals surface area contributed by atoms with Gasteiger partial charge in [0, 0.05) is 12.1 Å². The van der Waals surface area contributed by atoms with E-state index in [0.717, 1.165) is 19.5 Å². The van der Waals surface area contributed by atoms with Crippen molar-refractivity contribution in [1.82, 2.24) is 10.2 Å². The van der Waals surface area contributed by atoms with Crippen molar-refractivity contribution in [1.29, 1.82) is 0 Å². The van der Waals surface area contributed by atoms with Crippen LogP contribution in [0.25, 0.3) is 0 Å². The Morgan fingerprint density at radius 1 is 0.413 bits per heavy atom. The molecular weight excluding hydrogens is 560 g/mol. The minimum absolute atomic E-state index is 0.00200. The summed E-state index contributed by atoms with van der Waals surface area (Å²) < 4.78 is 0. The molecule has 0 aliphatic heterocycles. The summed E-state index contributed by atoms with van der Waals surface area (Å²) >= 11 is 0. The number of hydrogen-bond acceptors (Lipinski definition) is 2. The summed E-state index contributed by atoms with van der Waals surface area (Å²) in [4.78, 5) is 14.5. The zero-order valence-corrected chi connectivity index (χ0v) is 32.2. The molecule has 1 N–H and O–H groups in total. The van der Waals surface area contributed by atoms with Gasteiger partial charge in [-0.05, 0) is 45.8 Å². The second-order valence-electron chi connectivity index (χ2n) is 14.8. The third-order valence-electron chi connectivity index (χ3n) is 9.98. The molecule has 0 bridgehead atoms. The maximum Gasteiger partial charge on any atom is 0.246 e. The molecule has 0 saturated carbocycles. The fourth-order valence-corrected chi connectivity index (χ4v) is 6.76. The summed E-state index contributed by atoms with van der Waals surface area (Å²) in [5, 5.41) is 3.02. The van der Waals surface area contributed by atoms with Crippen molar-refractivity contribution < 1.29 is 4.79 Å². The predicted molar refractivity (Wildman–Crippen MR) is 208 cm³/mol. The van der Waals surface area contributed by atoms with E-state index in [1.54, 1.807) is 6.92 Å². The van der Waals surface area contributed by atoms with Crippen LogP contribution in [0.3, 0.4) is 0 Å². The van der Waals surface area contributed by atoms with Gasteiger partial charge in [-0.25, -0.2) is 0 Å². The van der Waals surface area contributed by atoms with Crippen molar-refractivity contribution in [3.63, 3.8) is 0 Å². The van der Waals surface area contributed by atoms with Gasteiger partial charge in [-0.3, -0.25) is 4.79 Å².